The molecular formula is C24H15Br3N2O5. The maximum atomic E-state index is 12.4. The van der Waals surface area contributed by atoms with Gasteiger partial charge >= 0.3 is 5.97 Å². The van der Waals surface area contributed by atoms with Gasteiger partial charge in [-0.05, 0) is 92.4 Å². The average Bonchev–Trinajstić information content (AvgIpc) is 3.14. The lowest BCUT2D eigenvalue weighted by Crippen LogP contribution is -2.06. The third kappa shape index (κ3) is 5.45. The minimum Gasteiger partial charge on any atom is -0.487 e. The molecule has 0 radical (unpaired) electrons. The minimum absolute atomic E-state index is 0.0124. The molecule has 3 aromatic carbocycles. The molecule has 0 fully saturated rings. The summed E-state index contributed by atoms with van der Waals surface area (Å²) in [6.45, 7) is 2.00. The van der Waals surface area contributed by atoms with Gasteiger partial charge < -0.3 is 9.47 Å². The molecular weight excluding hydrogens is 636 g/mol. The summed E-state index contributed by atoms with van der Waals surface area (Å²) in [5.41, 5.74) is 2.76. The Labute approximate surface area is 220 Å². The van der Waals surface area contributed by atoms with E-state index in [4.69, 9.17) is 9.47 Å². The van der Waals surface area contributed by atoms with Crippen LogP contribution in [0.25, 0.3) is 6.08 Å². The number of nitro benzene ring substituents is 1. The standard InChI is InChI=1S/C24H15Br3N2O5/c1-13-8-16(4-7-21(13)29(31)32)23-28-20(24(30)34-23)11-15-9-18(26)22(19(27)10-15)33-12-14-2-5-17(25)6-3-14/h2-11H,12H2,1H3/b20-11-. The molecule has 1 heterocycles. The molecule has 0 aromatic heterocycles. The number of halogens is 3. The number of hydrogen-bond donors (Lipinski definition) is 0. The van der Waals surface area contributed by atoms with E-state index >= 15 is 0 Å². The highest BCUT2D eigenvalue weighted by molar-refractivity contribution is 9.11. The number of nitro groups is 1. The van der Waals surface area contributed by atoms with Gasteiger partial charge in [0.1, 0.15) is 12.4 Å². The number of carbonyl (C=O) groups is 1. The zero-order valence-electron chi connectivity index (χ0n) is 17.6. The molecule has 34 heavy (non-hydrogen) atoms. The van der Waals surface area contributed by atoms with E-state index in [2.05, 4.69) is 52.8 Å². The summed E-state index contributed by atoms with van der Waals surface area (Å²) in [5, 5.41) is 11.0. The van der Waals surface area contributed by atoms with Crippen LogP contribution in [-0.4, -0.2) is 16.8 Å². The molecule has 3 aromatic rings. The van der Waals surface area contributed by atoms with Crippen LogP contribution in [0.15, 0.2) is 78.7 Å². The van der Waals surface area contributed by atoms with E-state index in [-0.39, 0.29) is 17.3 Å². The summed E-state index contributed by atoms with van der Waals surface area (Å²) >= 11 is 10.5. The van der Waals surface area contributed by atoms with Crippen molar-refractivity contribution in [2.45, 2.75) is 13.5 Å². The van der Waals surface area contributed by atoms with Crippen molar-refractivity contribution in [3.63, 3.8) is 0 Å². The number of esters is 1. The van der Waals surface area contributed by atoms with Gasteiger partial charge in [0, 0.05) is 21.7 Å². The fourth-order valence-electron chi connectivity index (χ4n) is 3.22. The van der Waals surface area contributed by atoms with Gasteiger partial charge in [-0.3, -0.25) is 10.1 Å². The molecule has 0 saturated carbocycles. The second-order valence-electron chi connectivity index (χ2n) is 7.32. The van der Waals surface area contributed by atoms with Crippen LogP contribution >= 0.6 is 47.8 Å². The Bertz CT molecular complexity index is 1340. The van der Waals surface area contributed by atoms with E-state index < -0.39 is 10.9 Å². The summed E-state index contributed by atoms with van der Waals surface area (Å²) in [6, 6.07) is 15.9. The van der Waals surface area contributed by atoms with Gasteiger partial charge in [0.2, 0.25) is 5.90 Å². The first-order chi connectivity index (χ1) is 16.2. The molecule has 0 spiro atoms. The van der Waals surface area contributed by atoms with Crippen molar-refractivity contribution in [3.8, 4) is 5.75 Å². The molecule has 0 bridgehead atoms. The van der Waals surface area contributed by atoms with E-state index in [1.165, 1.54) is 12.1 Å². The number of cyclic esters (lactones) is 1. The van der Waals surface area contributed by atoms with Crippen molar-refractivity contribution in [1.29, 1.82) is 0 Å². The quantitative estimate of drug-likeness (QED) is 0.123. The highest BCUT2D eigenvalue weighted by atomic mass is 79.9. The van der Waals surface area contributed by atoms with E-state index in [1.807, 2.05) is 36.4 Å². The van der Waals surface area contributed by atoms with E-state index in [9.17, 15) is 14.9 Å². The normalized spacial score (nSPS) is 14.2. The Morgan fingerprint density at radius 3 is 2.35 bits per heavy atom. The summed E-state index contributed by atoms with van der Waals surface area (Å²) in [7, 11) is 0. The fraction of sp³-hybridized carbons (Fsp3) is 0.0833. The highest BCUT2D eigenvalue weighted by Crippen LogP contribution is 2.36. The predicted octanol–water partition coefficient (Wildman–Crippen LogP) is 7.11. The Balaban J connectivity index is 1.55. The zero-order chi connectivity index (χ0) is 24.4. The van der Waals surface area contributed by atoms with Gasteiger partial charge in [-0.1, -0.05) is 28.1 Å². The molecule has 0 saturated heterocycles. The molecule has 0 aliphatic carbocycles. The van der Waals surface area contributed by atoms with Crippen LogP contribution in [0.2, 0.25) is 0 Å². The maximum absolute atomic E-state index is 12.4. The van der Waals surface area contributed by atoms with Gasteiger partial charge in [-0.15, -0.1) is 0 Å². The fourth-order valence-corrected chi connectivity index (χ4v) is 4.94. The largest absolute Gasteiger partial charge is 0.487 e. The van der Waals surface area contributed by atoms with Gasteiger partial charge in [0.05, 0.1) is 13.9 Å². The van der Waals surface area contributed by atoms with Crippen LogP contribution in [0.3, 0.4) is 0 Å². The number of rotatable bonds is 6. The first-order valence-corrected chi connectivity index (χ1v) is 12.2. The van der Waals surface area contributed by atoms with E-state index in [1.54, 1.807) is 19.1 Å². The molecule has 1 aliphatic rings. The summed E-state index contributed by atoms with van der Waals surface area (Å²) < 4.78 is 13.6. The lowest BCUT2D eigenvalue weighted by molar-refractivity contribution is -0.385. The number of ether oxygens (including phenoxy) is 2. The monoisotopic (exact) mass is 648 g/mol. The van der Waals surface area contributed by atoms with Gasteiger partial charge in [0.15, 0.2) is 5.70 Å². The average molecular weight is 651 g/mol. The SMILES string of the molecule is Cc1cc(C2=N/C(=C\c3cc(Br)c(OCc4ccc(Br)cc4)c(Br)c3)C(=O)O2)ccc1[N+](=O)[O-]. The second kappa shape index (κ2) is 10.2. The molecule has 172 valence electrons. The van der Waals surface area contributed by atoms with Crippen molar-refractivity contribution in [2.24, 2.45) is 4.99 Å². The first kappa shape index (κ1) is 24.3. The number of hydrogen-bond acceptors (Lipinski definition) is 6. The topological polar surface area (TPSA) is 91.0 Å². The molecule has 4 rings (SSSR count). The van der Waals surface area contributed by atoms with Crippen LogP contribution in [0.5, 0.6) is 5.75 Å². The lowest BCUT2D eigenvalue weighted by atomic mass is 10.1. The number of benzene rings is 3. The molecule has 1 aliphatic heterocycles. The Hall–Kier alpha value is -2.82. The maximum Gasteiger partial charge on any atom is 0.363 e. The predicted molar refractivity (Wildman–Crippen MR) is 139 cm³/mol. The van der Waals surface area contributed by atoms with Crippen LogP contribution in [-0.2, 0) is 16.1 Å². The molecule has 0 amide bonds. The third-order valence-electron chi connectivity index (χ3n) is 4.88. The summed E-state index contributed by atoms with van der Waals surface area (Å²) in [4.78, 5) is 27.2. The van der Waals surface area contributed by atoms with Crippen molar-refractivity contribution in [2.75, 3.05) is 0 Å². The van der Waals surface area contributed by atoms with E-state index in [0.29, 0.717) is 38.0 Å². The van der Waals surface area contributed by atoms with Gasteiger partial charge in [0.25, 0.3) is 5.69 Å². The number of nitrogens with zero attached hydrogens (tertiary/aromatic N) is 2. The van der Waals surface area contributed by atoms with E-state index in [0.717, 1.165) is 10.0 Å². The number of aryl methyl sites for hydroxylation is 1. The van der Waals surface area contributed by atoms with Gasteiger partial charge in [-0.25, -0.2) is 9.79 Å². The third-order valence-corrected chi connectivity index (χ3v) is 6.59. The summed E-state index contributed by atoms with van der Waals surface area (Å²) in [5.74, 6) is 0.125. The molecule has 0 N–H and O–H groups in total. The summed E-state index contributed by atoms with van der Waals surface area (Å²) in [6.07, 6.45) is 1.60. The van der Waals surface area contributed by atoms with Crippen LogP contribution in [0.4, 0.5) is 5.69 Å². The van der Waals surface area contributed by atoms with Crippen molar-refractivity contribution >= 4 is 71.4 Å². The Morgan fingerprint density at radius 2 is 1.74 bits per heavy atom. The van der Waals surface area contributed by atoms with Crippen LogP contribution in [0, 0.1) is 17.0 Å². The zero-order valence-corrected chi connectivity index (χ0v) is 22.3. The van der Waals surface area contributed by atoms with Crippen molar-refractivity contribution in [1.82, 2.24) is 0 Å². The second-order valence-corrected chi connectivity index (χ2v) is 9.95. The lowest BCUT2D eigenvalue weighted by Gasteiger charge is -2.11. The number of carbonyl (C=O) groups excluding carboxylic acids is 1. The van der Waals surface area contributed by atoms with Crippen LogP contribution in [0.1, 0.15) is 22.3 Å². The Kier molecular flexibility index (Phi) is 7.30. The van der Waals surface area contributed by atoms with Crippen molar-refractivity contribution < 1.29 is 19.2 Å². The molecule has 7 nitrogen and oxygen atoms in total. The molecule has 0 atom stereocenters. The molecule has 0 unspecified atom stereocenters. The highest BCUT2D eigenvalue weighted by Gasteiger charge is 2.25. The number of aliphatic imine (C=N–C) groups is 1. The van der Waals surface area contributed by atoms with Crippen molar-refractivity contribution in [3.05, 3.63) is 106 Å². The van der Waals surface area contributed by atoms with Crippen LogP contribution < -0.4 is 4.74 Å². The smallest absolute Gasteiger partial charge is 0.363 e. The minimum atomic E-state index is -0.603. The first-order valence-electron chi connectivity index (χ1n) is 9.85. The van der Waals surface area contributed by atoms with Gasteiger partial charge in [-0.2, -0.15) is 0 Å². The molecule has 10 heteroatoms. The Morgan fingerprint density at radius 1 is 1.06 bits per heavy atom.